The summed E-state index contributed by atoms with van der Waals surface area (Å²) in [5, 5.41) is 6.00. The van der Waals surface area contributed by atoms with Gasteiger partial charge in [0.25, 0.3) is 0 Å². The Morgan fingerprint density at radius 2 is 1.70 bits per heavy atom. The Hall–Kier alpha value is -3.02. The highest BCUT2D eigenvalue weighted by atomic mass is 16.6. The van der Waals surface area contributed by atoms with E-state index in [0.717, 1.165) is 48.2 Å². The van der Waals surface area contributed by atoms with Crippen LogP contribution in [0.15, 0.2) is 36.4 Å². The predicted molar refractivity (Wildman–Crippen MR) is 116 cm³/mol. The van der Waals surface area contributed by atoms with Crippen LogP contribution >= 0.6 is 0 Å². The van der Waals surface area contributed by atoms with Gasteiger partial charge in [0.2, 0.25) is 11.8 Å². The number of hydrogen-bond acceptors (Lipinski definition) is 4. The first-order valence-corrected chi connectivity index (χ1v) is 10.6. The van der Waals surface area contributed by atoms with Gasteiger partial charge in [-0.2, -0.15) is 0 Å². The molecule has 1 saturated carbocycles. The largest absolute Gasteiger partial charge is 0.486 e. The molecular formula is C24H28N2O4. The molecule has 2 aromatic rings. The zero-order chi connectivity index (χ0) is 21.1. The molecular weight excluding hydrogens is 380 g/mol. The van der Waals surface area contributed by atoms with Gasteiger partial charge >= 0.3 is 0 Å². The van der Waals surface area contributed by atoms with Crippen molar-refractivity contribution in [2.24, 2.45) is 0 Å². The van der Waals surface area contributed by atoms with Gasteiger partial charge < -0.3 is 20.1 Å². The van der Waals surface area contributed by atoms with E-state index in [4.69, 9.17) is 9.47 Å². The number of amides is 2. The van der Waals surface area contributed by atoms with Gasteiger partial charge in [0, 0.05) is 17.8 Å². The number of nitrogens with one attached hydrogen (secondary N) is 2. The van der Waals surface area contributed by atoms with Crippen LogP contribution < -0.4 is 20.1 Å². The second kappa shape index (κ2) is 8.38. The molecule has 6 heteroatoms. The SMILES string of the molecule is CCC(=O)Nc1ccc(C)c(NC(=O)C2(c3ccc4c(c3)OCCO4)CCCC2)c1. The van der Waals surface area contributed by atoms with E-state index in [2.05, 4.69) is 10.6 Å². The maximum absolute atomic E-state index is 13.6. The van der Waals surface area contributed by atoms with Gasteiger partial charge in [0.15, 0.2) is 11.5 Å². The van der Waals surface area contributed by atoms with Crippen LogP contribution in [0.25, 0.3) is 0 Å². The Bertz CT molecular complexity index is 964. The molecule has 0 unspecified atom stereocenters. The molecule has 4 rings (SSSR count). The first kappa shape index (κ1) is 20.3. The van der Waals surface area contributed by atoms with E-state index in [1.54, 1.807) is 0 Å². The first-order chi connectivity index (χ1) is 14.5. The summed E-state index contributed by atoms with van der Waals surface area (Å²) in [6.07, 6.45) is 4.01. The molecule has 2 N–H and O–H groups in total. The number of carbonyl (C=O) groups is 2. The highest BCUT2D eigenvalue weighted by molar-refractivity contribution is 6.01. The summed E-state index contributed by atoms with van der Waals surface area (Å²) >= 11 is 0. The van der Waals surface area contributed by atoms with E-state index in [9.17, 15) is 9.59 Å². The van der Waals surface area contributed by atoms with Gasteiger partial charge in [-0.15, -0.1) is 0 Å². The molecule has 2 aliphatic rings. The maximum Gasteiger partial charge on any atom is 0.235 e. The van der Waals surface area contributed by atoms with E-state index in [1.807, 2.05) is 50.2 Å². The topological polar surface area (TPSA) is 76.7 Å². The van der Waals surface area contributed by atoms with Crippen LogP contribution in [-0.4, -0.2) is 25.0 Å². The lowest BCUT2D eigenvalue weighted by Gasteiger charge is -2.30. The third-order valence-corrected chi connectivity index (χ3v) is 6.08. The number of benzene rings is 2. The van der Waals surface area contributed by atoms with Crippen LogP contribution in [0.4, 0.5) is 11.4 Å². The second-order valence-electron chi connectivity index (χ2n) is 8.03. The van der Waals surface area contributed by atoms with Crippen molar-refractivity contribution in [1.82, 2.24) is 0 Å². The fraction of sp³-hybridized carbons (Fsp3) is 0.417. The van der Waals surface area contributed by atoms with Crippen molar-refractivity contribution >= 4 is 23.2 Å². The lowest BCUT2D eigenvalue weighted by Crippen LogP contribution is -2.38. The molecule has 0 radical (unpaired) electrons. The number of fused-ring (bicyclic) bond motifs is 1. The fourth-order valence-electron chi connectivity index (χ4n) is 4.29. The van der Waals surface area contributed by atoms with Crippen LogP contribution in [0.1, 0.15) is 50.2 Å². The van der Waals surface area contributed by atoms with Crippen LogP contribution in [-0.2, 0) is 15.0 Å². The summed E-state index contributed by atoms with van der Waals surface area (Å²) in [6, 6.07) is 11.4. The molecule has 1 aliphatic heterocycles. The Labute approximate surface area is 177 Å². The summed E-state index contributed by atoms with van der Waals surface area (Å²) < 4.78 is 11.4. The minimum absolute atomic E-state index is 0.0151. The van der Waals surface area contributed by atoms with Crippen molar-refractivity contribution in [1.29, 1.82) is 0 Å². The highest BCUT2D eigenvalue weighted by Gasteiger charge is 2.43. The highest BCUT2D eigenvalue weighted by Crippen LogP contribution is 2.45. The minimum Gasteiger partial charge on any atom is -0.486 e. The summed E-state index contributed by atoms with van der Waals surface area (Å²) in [7, 11) is 0. The summed E-state index contributed by atoms with van der Waals surface area (Å²) in [5.41, 5.74) is 2.73. The van der Waals surface area contributed by atoms with E-state index >= 15 is 0 Å². The van der Waals surface area contributed by atoms with Crippen molar-refractivity contribution in [2.45, 2.75) is 51.4 Å². The van der Waals surface area contributed by atoms with E-state index in [-0.39, 0.29) is 11.8 Å². The second-order valence-corrected chi connectivity index (χ2v) is 8.03. The molecule has 2 aromatic carbocycles. The van der Waals surface area contributed by atoms with Crippen molar-refractivity contribution in [3.8, 4) is 11.5 Å². The van der Waals surface area contributed by atoms with E-state index in [0.29, 0.717) is 31.1 Å². The predicted octanol–water partition coefficient (Wildman–Crippen LogP) is 4.57. The Morgan fingerprint density at radius 3 is 2.43 bits per heavy atom. The van der Waals surface area contributed by atoms with Crippen molar-refractivity contribution in [3.05, 3.63) is 47.5 Å². The molecule has 6 nitrogen and oxygen atoms in total. The van der Waals surface area contributed by atoms with Crippen LogP contribution in [0.5, 0.6) is 11.5 Å². The van der Waals surface area contributed by atoms with Gasteiger partial charge in [-0.1, -0.05) is 31.9 Å². The van der Waals surface area contributed by atoms with Crippen molar-refractivity contribution < 1.29 is 19.1 Å². The summed E-state index contributed by atoms with van der Waals surface area (Å²) in [6.45, 7) is 4.82. The number of carbonyl (C=O) groups excluding carboxylic acids is 2. The smallest absolute Gasteiger partial charge is 0.235 e. The maximum atomic E-state index is 13.6. The molecule has 0 saturated heterocycles. The molecule has 0 aromatic heterocycles. The van der Waals surface area contributed by atoms with Crippen LogP contribution in [0.3, 0.4) is 0 Å². The summed E-state index contributed by atoms with van der Waals surface area (Å²) in [5.74, 6) is 1.37. The standard InChI is InChI=1S/C24H28N2O4/c1-3-22(27)25-18-8-6-16(2)19(15-18)26-23(28)24(10-4-5-11-24)17-7-9-20-21(14-17)30-13-12-29-20/h6-9,14-15H,3-5,10-13H2,1-2H3,(H,25,27)(H,26,28). The Balaban J connectivity index is 1.62. The molecule has 1 heterocycles. The van der Waals surface area contributed by atoms with E-state index in [1.165, 1.54) is 0 Å². The van der Waals surface area contributed by atoms with Crippen molar-refractivity contribution in [2.75, 3.05) is 23.8 Å². The van der Waals surface area contributed by atoms with Crippen molar-refractivity contribution in [3.63, 3.8) is 0 Å². The molecule has 2 amide bonds. The monoisotopic (exact) mass is 408 g/mol. The quantitative estimate of drug-likeness (QED) is 0.760. The number of aryl methyl sites for hydroxylation is 1. The number of ether oxygens (including phenoxy) is 2. The normalized spacial score (nSPS) is 16.7. The third kappa shape index (κ3) is 3.86. The number of anilines is 2. The minimum atomic E-state index is -0.592. The lowest BCUT2D eigenvalue weighted by atomic mass is 9.77. The Kier molecular flexibility index (Phi) is 5.66. The molecule has 1 fully saturated rings. The van der Waals surface area contributed by atoms with Gasteiger partial charge in [0.1, 0.15) is 13.2 Å². The average Bonchev–Trinajstić information content (AvgIpc) is 3.27. The van der Waals surface area contributed by atoms with E-state index < -0.39 is 5.41 Å². The fourth-order valence-corrected chi connectivity index (χ4v) is 4.29. The molecule has 1 aliphatic carbocycles. The zero-order valence-electron chi connectivity index (χ0n) is 17.5. The third-order valence-electron chi connectivity index (χ3n) is 6.08. The molecule has 0 spiro atoms. The van der Waals surface area contributed by atoms with Crippen LogP contribution in [0.2, 0.25) is 0 Å². The zero-order valence-corrected chi connectivity index (χ0v) is 17.5. The van der Waals surface area contributed by atoms with Crippen LogP contribution in [0, 0.1) is 6.92 Å². The molecule has 158 valence electrons. The van der Waals surface area contributed by atoms with Gasteiger partial charge in [-0.3, -0.25) is 9.59 Å². The first-order valence-electron chi connectivity index (χ1n) is 10.6. The summed E-state index contributed by atoms with van der Waals surface area (Å²) in [4.78, 5) is 25.3. The van der Waals surface area contributed by atoms with Gasteiger partial charge in [-0.05, 0) is 55.2 Å². The molecule has 0 bridgehead atoms. The van der Waals surface area contributed by atoms with Gasteiger partial charge in [-0.25, -0.2) is 0 Å². The number of hydrogen-bond donors (Lipinski definition) is 2. The average molecular weight is 408 g/mol. The lowest BCUT2D eigenvalue weighted by molar-refractivity contribution is -0.121. The number of rotatable bonds is 5. The Morgan fingerprint density at radius 1 is 0.967 bits per heavy atom. The van der Waals surface area contributed by atoms with Gasteiger partial charge in [0.05, 0.1) is 5.41 Å². The molecule has 30 heavy (non-hydrogen) atoms. The molecule has 0 atom stereocenters.